The van der Waals surface area contributed by atoms with E-state index in [4.69, 9.17) is 0 Å². The first-order valence-corrected chi connectivity index (χ1v) is 9.39. The van der Waals surface area contributed by atoms with Gasteiger partial charge in [0, 0.05) is 32.1 Å². The minimum absolute atomic E-state index is 0.0398. The number of amides is 2. The summed E-state index contributed by atoms with van der Waals surface area (Å²) >= 11 is 0. The largest absolute Gasteiger partial charge is 0.356 e. The summed E-state index contributed by atoms with van der Waals surface area (Å²) in [5, 5.41) is 2.94. The second-order valence-electron chi connectivity index (χ2n) is 6.23. The molecular weight excluding hydrogens is 314 g/mol. The Bertz CT molecular complexity index is 501. The van der Waals surface area contributed by atoms with Gasteiger partial charge in [0.05, 0.1) is 0 Å². The number of para-hydroxylation sites is 1. The predicted octanol–water partition coefficient (Wildman–Crippen LogP) is 3.06. The van der Waals surface area contributed by atoms with E-state index in [1.807, 2.05) is 30.3 Å². The van der Waals surface area contributed by atoms with Crippen LogP contribution >= 0.6 is 0 Å². The van der Waals surface area contributed by atoms with Crippen molar-refractivity contribution in [3.05, 3.63) is 30.3 Å². The Labute approximate surface area is 152 Å². The number of hydrogen-bond donors (Lipinski definition) is 1. The lowest BCUT2D eigenvalue weighted by molar-refractivity contribution is -0.121. The summed E-state index contributed by atoms with van der Waals surface area (Å²) in [6.45, 7) is 8.30. The van der Waals surface area contributed by atoms with E-state index >= 15 is 0 Å². The second-order valence-corrected chi connectivity index (χ2v) is 6.23. The van der Waals surface area contributed by atoms with Crippen LogP contribution in [0.3, 0.4) is 0 Å². The second kappa shape index (κ2) is 12.5. The molecule has 0 aliphatic carbocycles. The number of benzene rings is 1. The maximum atomic E-state index is 12.1. The van der Waals surface area contributed by atoms with Crippen molar-refractivity contribution >= 4 is 17.5 Å². The van der Waals surface area contributed by atoms with Crippen LogP contribution in [0.25, 0.3) is 0 Å². The normalized spacial score (nSPS) is 10.7. The van der Waals surface area contributed by atoms with Gasteiger partial charge in [-0.25, -0.2) is 0 Å². The van der Waals surface area contributed by atoms with Crippen molar-refractivity contribution in [1.29, 1.82) is 0 Å². The Morgan fingerprint density at radius 1 is 0.960 bits per heavy atom. The Hall–Kier alpha value is -1.88. The zero-order valence-corrected chi connectivity index (χ0v) is 16.0. The van der Waals surface area contributed by atoms with Crippen molar-refractivity contribution in [2.45, 2.75) is 46.0 Å². The maximum absolute atomic E-state index is 12.1. The summed E-state index contributed by atoms with van der Waals surface area (Å²) in [4.78, 5) is 28.0. The molecule has 1 aromatic rings. The third kappa shape index (κ3) is 8.68. The van der Waals surface area contributed by atoms with Gasteiger partial charge in [-0.2, -0.15) is 0 Å². The molecule has 0 fully saturated rings. The van der Waals surface area contributed by atoms with Crippen LogP contribution in [0.4, 0.5) is 5.69 Å². The van der Waals surface area contributed by atoms with Crippen molar-refractivity contribution in [2.75, 3.05) is 38.1 Å². The summed E-state index contributed by atoms with van der Waals surface area (Å²) in [5.41, 5.74) is 0.880. The third-order valence-corrected chi connectivity index (χ3v) is 4.43. The highest BCUT2D eigenvalue weighted by atomic mass is 16.2. The zero-order chi connectivity index (χ0) is 18.5. The number of unbranched alkanes of at least 4 members (excludes halogenated alkanes) is 1. The molecule has 5 nitrogen and oxygen atoms in total. The lowest BCUT2D eigenvalue weighted by atomic mass is 10.2. The molecule has 140 valence electrons. The number of nitrogens with one attached hydrogen (secondary N) is 1. The molecule has 1 rings (SSSR count). The van der Waals surface area contributed by atoms with E-state index < -0.39 is 0 Å². The molecule has 0 heterocycles. The van der Waals surface area contributed by atoms with Gasteiger partial charge in [0.25, 0.3) is 0 Å². The van der Waals surface area contributed by atoms with Crippen LogP contribution in [0.15, 0.2) is 30.3 Å². The Morgan fingerprint density at radius 2 is 1.64 bits per heavy atom. The maximum Gasteiger partial charge on any atom is 0.226 e. The van der Waals surface area contributed by atoms with E-state index in [-0.39, 0.29) is 11.8 Å². The van der Waals surface area contributed by atoms with Crippen molar-refractivity contribution in [3.63, 3.8) is 0 Å². The van der Waals surface area contributed by atoms with E-state index in [0.29, 0.717) is 19.3 Å². The van der Waals surface area contributed by atoms with Crippen molar-refractivity contribution in [1.82, 2.24) is 10.2 Å². The van der Waals surface area contributed by atoms with Crippen LogP contribution in [0, 0.1) is 0 Å². The first-order chi connectivity index (χ1) is 12.1. The fourth-order valence-corrected chi connectivity index (χ4v) is 2.68. The molecule has 0 aliphatic rings. The van der Waals surface area contributed by atoms with E-state index in [1.165, 1.54) is 0 Å². The van der Waals surface area contributed by atoms with E-state index in [9.17, 15) is 9.59 Å². The topological polar surface area (TPSA) is 52.7 Å². The zero-order valence-electron chi connectivity index (χ0n) is 16.0. The van der Waals surface area contributed by atoms with Crippen LogP contribution < -0.4 is 10.2 Å². The highest BCUT2D eigenvalue weighted by Gasteiger charge is 2.11. The molecule has 0 radical (unpaired) electrons. The molecule has 0 saturated heterocycles. The Morgan fingerprint density at radius 3 is 2.28 bits per heavy atom. The Balaban J connectivity index is 2.11. The lowest BCUT2D eigenvalue weighted by Gasteiger charge is -2.17. The van der Waals surface area contributed by atoms with Gasteiger partial charge >= 0.3 is 0 Å². The monoisotopic (exact) mass is 347 g/mol. The molecule has 0 unspecified atom stereocenters. The minimum Gasteiger partial charge on any atom is -0.356 e. The van der Waals surface area contributed by atoms with Gasteiger partial charge in [-0.1, -0.05) is 32.0 Å². The van der Waals surface area contributed by atoms with Gasteiger partial charge in [-0.3, -0.25) is 9.59 Å². The molecule has 0 aliphatic heterocycles. The van der Waals surface area contributed by atoms with Crippen molar-refractivity contribution < 1.29 is 9.59 Å². The van der Waals surface area contributed by atoms with Crippen LogP contribution in [0.5, 0.6) is 0 Å². The predicted molar refractivity (Wildman–Crippen MR) is 104 cm³/mol. The molecule has 0 saturated carbocycles. The van der Waals surface area contributed by atoms with Crippen LogP contribution in [-0.4, -0.2) is 49.9 Å². The first kappa shape index (κ1) is 21.2. The number of hydrogen-bond acceptors (Lipinski definition) is 3. The molecule has 1 aromatic carbocycles. The molecule has 0 atom stereocenters. The minimum atomic E-state index is 0.0398. The van der Waals surface area contributed by atoms with E-state index in [1.54, 1.807) is 11.9 Å². The molecule has 0 aromatic heterocycles. The van der Waals surface area contributed by atoms with Gasteiger partial charge in [0.15, 0.2) is 0 Å². The van der Waals surface area contributed by atoms with Gasteiger partial charge < -0.3 is 15.1 Å². The Kier molecular flexibility index (Phi) is 10.6. The van der Waals surface area contributed by atoms with Crippen LogP contribution in [-0.2, 0) is 9.59 Å². The SMILES string of the molecule is CCN(CC)CCCCNC(=O)CCCC(=O)N(C)c1ccccc1. The molecule has 1 N–H and O–H groups in total. The standard InChI is InChI=1S/C20H33N3O2/c1-4-23(5-2)17-10-9-16-21-19(24)14-11-15-20(25)22(3)18-12-7-6-8-13-18/h6-8,12-13H,4-5,9-11,14-17H2,1-3H3,(H,21,24). The van der Waals surface area contributed by atoms with Crippen molar-refractivity contribution in [3.8, 4) is 0 Å². The average molecular weight is 348 g/mol. The number of nitrogens with zero attached hydrogens (tertiary/aromatic N) is 2. The van der Waals surface area contributed by atoms with Gasteiger partial charge in [0.2, 0.25) is 11.8 Å². The van der Waals surface area contributed by atoms with Crippen LogP contribution in [0.1, 0.15) is 46.0 Å². The number of carbonyl (C=O) groups excluding carboxylic acids is 2. The highest BCUT2D eigenvalue weighted by molar-refractivity contribution is 5.92. The molecule has 25 heavy (non-hydrogen) atoms. The quantitative estimate of drug-likeness (QED) is 0.591. The van der Waals surface area contributed by atoms with E-state index in [2.05, 4.69) is 24.1 Å². The summed E-state index contributed by atoms with van der Waals surface area (Å²) in [5.74, 6) is 0.0798. The smallest absolute Gasteiger partial charge is 0.226 e. The number of carbonyl (C=O) groups is 2. The molecule has 5 heteroatoms. The lowest BCUT2D eigenvalue weighted by Crippen LogP contribution is -2.28. The molecule has 0 spiro atoms. The number of rotatable bonds is 12. The fourth-order valence-electron chi connectivity index (χ4n) is 2.68. The molecule has 0 bridgehead atoms. The summed E-state index contributed by atoms with van der Waals surface area (Å²) in [6.07, 6.45) is 3.48. The number of anilines is 1. The summed E-state index contributed by atoms with van der Waals surface area (Å²) in [7, 11) is 1.77. The highest BCUT2D eigenvalue weighted by Crippen LogP contribution is 2.13. The van der Waals surface area contributed by atoms with Crippen LogP contribution in [0.2, 0.25) is 0 Å². The third-order valence-electron chi connectivity index (χ3n) is 4.43. The first-order valence-electron chi connectivity index (χ1n) is 9.39. The van der Waals surface area contributed by atoms with Gasteiger partial charge in [0.1, 0.15) is 0 Å². The summed E-state index contributed by atoms with van der Waals surface area (Å²) in [6, 6.07) is 9.55. The molecule has 2 amide bonds. The summed E-state index contributed by atoms with van der Waals surface area (Å²) < 4.78 is 0. The average Bonchev–Trinajstić information content (AvgIpc) is 2.64. The fraction of sp³-hybridized carbons (Fsp3) is 0.600. The van der Waals surface area contributed by atoms with E-state index in [0.717, 1.165) is 44.7 Å². The van der Waals surface area contributed by atoms with Gasteiger partial charge in [-0.15, -0.1) is 0 Å². The van der Waals surface area contributed by atoms with Gasteiger partial charge in [-0.05, 0) is 51.0 Å². The van der Waals surface area contributed by atoms with Crippen molar-refractivity contribution in [2.24, 2.45) is 0 Å². The molecular formula is C20H33N3O2.